The summed E-state index contributed by atoms with van der Waals surface area (Å²) in [5.74, 6) is 0.164. The average Bonchev–Trinajstić information content (AvgIpc) is 2.44. The van der Waals surface area contributed by atoms with E-state index in [2.05, 4.69) is 18.6 Å². The maximum absolute atomic E-state index is 11.7. The van der Waals surface area contributed by atoms with Gasteiger partial charge >= 0.3 is 0 Å². The molecule has 0 saturated heterocycles. The largest absolute Gasteiger partial charge is 0.385 e. The van der Waals surface area contributed by atoms with Crippen LogP contribution in [0.2, 0.25) is 0 Å². The minimum atomic E-state index is -3.12. The van der Waals surface area contributed by atoms with Gasteiger partial charge in [0.05, 0.1) is 5.75 Å². The van der Waals surface area contributed by atoms with Crippen LogP contribution in [0.1, 0.15) is 39.5 Å². The molecule has 4 nitrogen and oxygen atoms in total. The Hall–Kier alpha value is -0.130. The molecular formula is C11H23NO3S. The van der Waals surface area contributed by atoms with Gasteiger partial charge in [0.15, 0.2) is 0 Å². The van der Waals surface area contributed by atoms with Gasteiger partial charge in [-0.25, -0.2) is 13.1 Å². The zero-order valence-corrected chi connectivity index (χ0v) is 11.3. The van der Waals surface area contributed by atoms with Crippen molar-refractivity contribution in [1.29, 1.82) is 0 Å². The van der Waals surface area contributed by atoms with E-state index in [4.69, 9.17) is 4.74 Å². The number of sulfonamides is 1. The summed E-state index contributed by atoms with van der Waals surface area (Å²) in [7, 11) is -1.53. The lowest BCUT2D eigenvalue weighted by molar-refractivity contribution is 0.199. The molecular weight excluding hydrogens is 226 g/mol. The number of hydrogen-bond donors (Lipinski definition) is 1. The fraction of sp³-hybridized carbons (Fsp3) is 1.00. The fourth-order valence-corrected chi connectivity index (χ4v) is 3.57. The van der Waals surface area contributed by atoms with E-state index in [1.165, 1.54) is 0 Å². The van der Waals surface area contributed by atoms with E-state index in [-0.39, 0.29) is 17.2 Å². The summed E-state index contributed by atoms with van der Waals surface area (Å²) in [6.07, 6.45) is 3.55. The molecule has 0 spiro atoms. The van der Waals surface area contributed by atoms with E-state index in [1.807, 2.05) is 0 Å². The highest BCUT2D eigenvalue weighted by Crippen LogP contribution is 2.37. The normalized spacial score (nSPS) is 24.8. The van der Waals surface area contributed by atoms with Crippen molar-refractivity contribution >= 4 is 10.0 Å². The number of hydrogen-bond acceptors (Lipinski definition) is 3. The summed E-state index contributed by atoms with van der Waals surface area (Å²) in [4.78, 5) is 0. The molecule has 0 amide bonds. The van der Waals surface area contributed by atoms with Crippen molar-refractivity contribution < 1.29 is 13.2 Å². The van der Waals surface area contributed by atoms with Crippen LogP contribution in [0.25, 0.3) is 0 Å². The fourth-order valence-electron chi connectivity index (χ4n) is 2.24. The van der Waals surface area contributed by atoms with E-state index in [0.29, 0.717) is 13.0 Å². The van der Waals surface area contributed by atoms with Gasteiger partial charge in [-0.15, -0.1) is 0 Å². The Morgan fingerprint density at radius 3 is 2.62 bits per heavy atom. The lowest BCUT2D eigenvalue weighted by atomic mass is 9.92. The molecule has 0 radical (unpaired) electrons. The first-order valence-corrected chi connectivity index (χ1v) is 7.49. The molecule has 1 atom stereocenters. The van der Waals surface area contributed by atoms with Gasteiger partial charge in [0.2, 0.25) is 10.0 Å². The van der Waals surface area contributed by atoms with E-state index in [0.717, 1.165) is 19.3 Å². The summed E-state index contributed by atoms with van der Waals surface area (Å²) >= 11 is 0. The van der Waals surface area contributed by atoms with Crippen LogP contribution in [0.3, 0.4) is 0 Å². The minimum Gasteiger partial charge on any atom is -0.385 e. The Labute approximate surface area is 98.8 Å². The first-order chi connectivity index (χ1) is 7.35. The third-order valence-corrected chi connectivity index (χ3v) is 4.59. The molecule has 16 heavy (non-hydrogen) atoms. The molecule has 0 bridgehead atoms. The topological polar surface area (TPSA) is 55.4 Å². The highest BCUT2D eigenvalue weighted by atomic mass is 32.2. The van der Waals surface area contributed by atoms with Gasteiger partial charge in [-0.3, -0.25) is 0 Å². The SMILES string of the molecule is COCCCS(=O)(=O)NC1CCC(C)(C)C1. The Morgan fingerprint density at radius 2 is 2.12 bits per heavy atom. The second-order valence-electron chi connectivity index (χ2n) is 5.39. The summed E-state index contributed by atoms with van der Waals surface area (Å²) in [5.41, 5.74) is 0.277. The van der Waals surface area contributed by atoms with E-state index in [9.17, 15) is 8.42 Å². The van der Waals surface area contributed by atoms with Crippen LogP contribution in [0, 0.1) is 5.41 Å². The van der Waals surface area contributed by atoms with Crippen LogP contribution in [0.4, 0.5) is 0 Å². The Bertz CT molecular complexity index is 311. The van der Waals surface area contributed by atoms with Crippen molar-refractivity contribution in [3.8, 4) is 0 Å². The highest BCUT2D eigenvalue weighted by molar-refractivity contribution is 7.89. The van der Waals surface area contributed by atoms with Gasteiger partial charge in [-0.1, -0.05) is 13.8 Å². The van der Waals surface area contributed by atoms with Crippen LogP contribution >= 0.6 is 0 Å². The van der Waals surface area contributed by atoms with Gasteiger partial charge in [0.1, 0.15) is 0 Å². The maximum Gasteiger partial charge on any atom is 0.211 e. The maximum atomic E-state index is 11.7. The molecule has 0 aromatic rings. The van der Waals surface area contributed by atoms with E-state index >= 15 is 0 Å². The average molecular weight is 249 g/mol. The van der Waals surface area contributed by atoms with Crippen molar-refractivity contribution in [3.05, 3.63) is 0 Å². The zero-order chi connectivity index (χ0) is 12.2. The van der Waals surface area contributed by atoms with Gasteiger partial charge in [0, 0.05) is 19.8 Å². The lowest BCUT2D eigenvalue weighted by Gasteiger charge is -2.17. The molecule has 1 rings (SSSR count). The molecule has 96 valence electrons. The van der Waals surface area contributed by atoms with Gasteiger partial charge < -0.3 is 4.74 Å². The van der Waals surface area contributed by atoms with Crippen LogP contribution in [-0.4, -0.2) is 33.9 Å². The third kappa shape index (κ3) is 4.80. The molecule has 1 fully saturated rings. The molecule has 1 aliphatic rings. The Morgan fingerprint density at radius 1 is 1.44 bits per heavy atom. The summed E-state index contributed by atoms with van der Waals surface area (Å²) in [5, 5.41) is 0. The summed E-state index contributed by atoms with van der Waals surface area (Å²) < 4.78 is 31.0. The van der Waals surface area contributed by atoms with Crippen molar-refractivity contribution in [1.82, 2.24) is 4.72 Å². The Balaban J connectivity index is 2.36. The monoisotopic (exact) mass is 249 g/mol. The molecule has 5 heteroatoms. The molecule has 1 unspecified atom stereocenters. The molecule has 1 saturated carbocycles. The molecule has 0 aromatic heterocycles. The highest BCUT2D eigenvalue weighted by Gasteiger charge is 2.32. The quantitative estimate of drug-likeness (QED) is 0.726. The van der Waals surface area contributed by atoms with Crippen molar-refractivity contribution in [2.75, 3.05) is 19.5 Å². The standard InChI is InChI=1S/C11H23NO3S/c1-11(2)6-5-10(9-11)12-16(13,14)8-4-7-15-3/h10,12H,4-9H2,1-3H3. The summed E-state index contributed by atoms with van der Waals surface area (Å²) in [6, 6.07) is 0.127. The summed E-state index contributed by atoms with van der Waals surface area (Å²) in [6.45, 7) is 4.87. The predicted molar refractivity (Wildman–Crippen MR) is 64.8 cm³/mol. The van der Waals surface area contributed by atoms with Crippen LogP contribution in [0.15, 0.2) is 0 Å². The molecule has 1 N–H and O–H groups in total. The number of rotatable bonds is 6. The molecule has 0 aromatic carbocycles. The van der Waals surface area contributed by atoms with Crippen molar-refractivity contribution in [2.45, 2.75) is 45.6 Å². The van der Waals surface area contributed by atoms with E-state index < -0.39 is 10.0 Å². The number of ether oxygens (including phenoxy) is 1. The van der Waals surface area contributed by atoms with Gasteiger partial charge in [0.25, 0.3) is 0 Å². The zero-order valence-electron chi connectivity index (χ0n) is 10.5. The first kappa shape index (κ1) is 13.9. The molecule has 0 aliphatic heterocycles. The number of nitrogens with one attached hydrogen (secondary N) is 1. The van der Waals surface area contributed by atoms with Crippen LogP contribution in [-0.2, 0) is 14.8 Å². The van der Waals surface area contributed by atoms with Crippen molar-refractivity contribution in [2.24, 2.45) is 5.41 Å². The first-order valence-electron chi connectivity index (χ1n) is 5.84. The smallest absolute Gasteiger partial charge is 0.211 e. The van der Waals surface area contributed by atoms with E-state index in [1.54, 1.807) is 7.11 Å². The molecule has 1 aliphatic carbocycles. The molecule has 0 heterocycles. The number of methoxy groups -OCH3 is 1. The predicted octanol–water partition coefficient (Wildman–Crippen LogP) is 1.52. The van der Waals surface area contributed by atoms with Crippen molar-refractivity contribution in [3.63, 3.8) is 0 Å². The van der Waals surface area contributed by atoms with Gasteiger partial charge in [-0.05, 0) is 31.1 Å². The second kappa shape index (κ2) is 5.47. The minimum absolute atomic E-state index is 0.127. The van der Waals surface area contributed by atoms with Crippen LogP contribution in [0.5, 0.6) is 0 Å². The third-order valence-electron chi connectivity index (χ3n) is 3.08. The van der Waals surface area contributed by atoms with Gasteiger partial charge in [-0.2, -0.15) is 0 Å². The Kier molecular flexibility index (Phi) is 4.76. The lowest BCUT2D eigenvalue weighted by Crippen LogP contribution is -2.35. The van der Waals surface area contributed by atoms with Crippen LogP contribution < -0.4 is 4.72 Å². The second-order valence-corrected chi connectivity index (χ2v) is 7.26.